The molecule has 2 aliphatic heterocycles. The van der Waals surface area contributed by atoms with E-state index in [1.54, 1.807) is 6.07 Å². The molecule has 2 saturated heterocycles. The van der Waals surface area contributed by atoms with Crippen LogP contribution in [0.4, 0.5) is 0 Å². The molecule has 3 heterocycles. The first kappa shape index (κ1) is 13.6. The molecule has 0 amide bonds. The van der Waals surface area contributed by atoms with Crippen molar-refractivity contribution in [2.75, 3.05) is 33.2 Å². The molecule has 1 aromatic rings. The predicted molar refractivity (Wildman–Crippen MR) is 77.1 cm³/mol. The van der Waals surface area contributed by atoms with Crippen molar-refractivity contribution in [1.82, 2.24) is 14.4 Å². The first-order chi connectivity index (χ1) is 9.65. The van der Waals surface area contributed by atoms with Crippen molar-refractivity contribution in [2.24, 2.45) is 0 Å². The van der Waals surface area contributed by atoms with Gasteiger partial charge in [0, 0.05) is 37.9 Å². The molecular formula is C15H23N3O2. The van der Waals surface area contributed by atoms with Gasteiger partial charge in [-0.05, 0) is 45.0 Å². The van der Waals surface area contributed by atoms with Gasteiger partial charge in [-0.2, -0.15) is 0 Å². The lowest BCUT2D eigenvalue weighted by Gasteiger charge is -2.36. The summed E-state index contributed by atoms with van der Waals surface area (Å²) in [7, 11) is 2.19. The maximum absolute atomic E-state index is 11.2. The van der Waals surface area contributed by atoms with Gasteiger partial charge in [-0.1, -0.05) is 0 Å². The minimum atomic E-state index is -0.824. The number of carbonyl (C=O) groups is 1. The summed E-state index contributed by atoms with van der Waals surface area (Å²) < 4.78 is 1.94. The molecule has 110 valence electrons. The Morgan fingerprint density at radius 3 is 2.50 bits per heavy atom. The Morgan fingerprint density at radius 1 is 1.20 bits per heavy atom. The van der Waals surface area contributed by atoms with Crippen LogP contribution >= 0.6 is 0 Å². The lowest BCUT2D eigenvalue weighted by Crippen LogP contribution is -2.43. The van der Waals surface area contributed by atoms with Gasteiger partial charge in [0.2, 0.25) is 0 Å². The Morgan fingerprint density at radius 2 is 1.90 bits per heavy atom. The van der Waals surface area contributed by atoms with E-state index in [4.69, 9.17) is 0 Å². The van der Waals surface area contributed by atoms with Crippen LogP contribution in [0.2, 0.25) is 0 Å². The minimum Gasteiger partial charge on any atom is -0.477 e. The van der Waals surface area contributed by atoms with Gasteiger partial charge in [0.1, 0.15) is 5.69 Å². The molecule has 1 aromatic heterocycles. The number of rotatable bonds is 3. The summed E-state index contributed by atoms with van der Waals surface area (Å²) in [6, 6.07) is 4.57. The molecule has 5 nitrogen and oxygen atoms in total. The number of nitrogens with zero attached hydrogens (tertiary/aromatic N) is 3. The van der Waals surface area contributed by atoms with E-state index in [9.17, 15) is 9.90 Å². The zero-order chi connectivity index (χ0) is 14.1. The number of carboxylic acids is 1. The van der Waals surface area contributed by atoms with Gasteiger partial charge in [0.15, 0.2) is 0 Å². The maximum atomic E-state index is 11.2. The Balaban J connectivity index is 1.61. The second-order valence-electron chi connectivity index (χ2n) is 6.08. The standard InChI is InChI=1S/C15H23N3O2/c1-16-8-4-13(11-16)17-9-5-12(6-10-17)18-7-2-3-14(18)15(19)20/h2-3,7,12-13H,4-6,8-11H2,1H3,(H,19,20). The first-order valence-corrected chi connectivity index (χ1v) is 7.48. The number of likely N-dealkylation sites (tertiary alicyclic amines) is 2. The monoisotopic (exact) mass is 277 g/mol. The number of hydrogen-bond acceptors (Lipinski definition) is 3. The van der Waals surface area contributed by atoms with E-state index in [2.05, 4.69) is 16.8 Å². The first-order valence-electron chi connectivity index (χ1n) is 7.48. The number of aromatic carboxylic acids is 1. The number of piperidine rings is 1. The van der Waals surface area contributed by atoms with Crippen LogP contribution in [0.5, 0.6) is 0 Å². The van der Waals surface area contributed by atoms with E-state index in [0.29, 0.717) is 17.8 Å². The zero-order valence-corrected chi connectivity index (χ0v) is 12.0. The van der Waals surface area contributed by atoms with Crippen molar-refractivity contribution >= 4 is 5.97 Å². The molecule has 3 rings (SSSR count). The molecule has 1 atom stereocenters. The van der Waals surface area contributed by atoms with Gasteiger partial charge in [0.05, 0.1) is 0 Å². The molecule has 0 radical (unpaired) electrons. The summed E-state index contributed by atoms with van der Waals surface area (Å²) in [6.45, 7) is 4.54. The molecule has 2 fully saturated rings. The SMILES string of the molecule is CN1CCC(N2CCC(n3cccc3C(=O)O)CC2)C1. The molecule has 5 heteroatoms. The second-order valence-corrected chi connectivity index (χ2v) is 6.08. The fourth-order valence-corrected chi connectivity index (χ4v) is 3.63. The van der Waals surface area contributed by atoms with Crippen LogP contribution in [0.1, 0.15) is 35.8 Å². The fraction of sp³-hybridized carbons (Fsp3) is 0.667. The van der Waals surface area contributed by atoms with E-state index in [-0.39, 0.29) is 0 Å². The zero-order valence-electron chi connectivity index (χ0n) is 12.0. The molecule has 0 aliphatic carbocycles. The van der Waals surface area contributed by atoms with Crippen molar-refractivity contribution in [3.63, 3.8) is 0 Å². The minimum absolute atomic E-state index is 0.339. The Labute approximate surface area is 119 Å². The van der Waals surface area contributed by atoms with E-state index in [0.717, 1.165) is 25.9 Å². The third-order valence-corrected chi connectivity index (χ3v) is 4.77. The maximum Gasteiger partial charge on any atom is 0.352 e. The van der Waals surface area contributed by atoms with Crippen molar-refractivity contribution in [3.8, 4) is 0 Å². The lowest BCUT2D eigenvalue weighted by molar-refractivity contribution is 0.0675. The topological polar surface area (TPSA) is 48.7 Å². The number of aromatic nitrogens is 1. The van der Waals surface area contributed by atoms with Crippen molar-refractivity contribution in [2.45, 2.75) is 31.3 Å². The second kappa shape index (κ2) is 5.58. The third kappa shape index (κ3) is 2.60. The van der Waals surface area contributed by atoms with Gasteiger partial charge in [-0.25, -0.2) is 4.79 Å². The quantitative estimate of drug-likeness (QED) is 0.910. The number of carboxylic acid groups (broad SMARTS) is 1. The Kier molecular flexibility index (Phi) is 3.81. The summed E-state index contributed by atoms with van der Waals surface area (Å²) >= 11 is 0. The fourth-order valence-electron chi connectivity index (χ4n) is 3.63. The van der Waals surface area contributed by atoms with Crippen LogP contribution in [-0.2, 0) is 0 Å². The molecule has 0 aromatic carbocycles. The summed E-state index contributed by atoms with van der Waals surface area (Å²) in [6.07, 6.45) is 5.28. The average molecular weight is 277 g/mol. The molecule has 1 N–H and O–H groups in total. The van der Waals surface area contributed by atoms with Gasteiger partial charge in [0.25, 0.3) is 0 Å². The van der Waals surface area contributed by atoms with Crippen LogP contribution < -0.4 is 0 Å². The van der Waals surface area contributed by atoms with Crippen LogP contribution in [0.15, 0.2) is 18.3 Å². The van der Waals surface area contributed by atoms with E-state index in [1.165, 1.54) is 19.5 Å². The summed E-state index contributed by atoms with van der Waals surface area (Å²) in [5, 5.41) is 9.20. The molecule has 0 bridgehead atoms. The molecule has 0 saturated carbocycles. The van der Waals surface area contributed by atoms with Crippen LogP contribution in [0.3, 0.4) is 0 Å². The highest BCUT2D eigenvalue weighted by molar-refractivity contribution is 5.85. The summed E-state index contributed by atoms with van der Waals surface area (Å²) in [5.41, 5.74) is 0.420. The highest BCUT2D eigenvalue weighted by Crippen LogP contribution is 2.27. The van der Waals surface area contributed by atoms with Crippen LogP contribution in [-0.4, -0.2) is 64.7 Å². The molecule has 0 spiro atoms. The van der Waals surface area contributed by atoms with Gasteiger partial charge < -0.3 is 14.6 Å². The molecule has 20 heavy (non-hydrogen) atoms. The normalized spacial score (nSPS) is 26.1. The van der Waals surface area contributed by atoms with Crippen molar-refractivity contribution in [3.05, 3.63) is 24.0 Å². The van der Waals surface area contributed by atoms with E-state index < -0.39 is 5.97 Å². The number of likely N-dealkylation sites (N-methyl/N-ethyl adjacent to an activating group) is 1. The highest BCUT2D eigenvalue weighted by atomic mass is 16.4. The lowest BCUT2D eigenvalue weighted by atomic mass is 10.0. The highest BCUT2D eigenvalue weighted by Gasteiger charge is 2.30. The Bertz CT molecular complexity index is 477. The van der Waals surface area contributed by atoms with Gasteiger partial charge in [-0.3, -0.25) is 4.90 Å². The van der Waals surface area contributed by atoms with Gasteiger partial charge >= 0.3 is 5.97 Å². The molecular weight excluding hydrogens is 254 g/mol. The summed E-state index contributed by atoms with van der Waals surface area (Å²) in [4.78, 5) is 16.2. The molecule has 2 aliphatic rings. The van der Waals surface area contributed by atoms with Gasteiger partial charge in [-0.15, -0.1) is 0 Å². The summed E-state index contributed by atoms with van der Waals surface area (Å²) in [5.74, 6) is -0.824. The smallest absolute Gasteiger partial charge is 0.352 e. The predicted octanol–water partition coefficient (Wildman–Crippen LogP) is 1.53. The van der Waals surface area contributed by atoms with Crippen molar-refractivity contribution in [1.29, 1.82) is 0 Å². The third-order valence-electron chi connectivity index (χ3n) is 4.77. The molecule has 1 unspecified atom stereocenters. The largest absolute Gasteiger partial charge is 0.477 e. The van der Waals surface area contributed by atoms with E-state index in [1.807, 2.05) is 16.8 Å². The van der Waals surface area contributed by atoms with E-state index >= 15 is 0 Å². The van der Waals surface area contributed by atoms with Crippen molar-refractivity contribution < 1.29 is 9.90 Å². The van der Waals surface area contributed by atoms with Crippen LogP contribution in [0.25, 0.3) is 0 Å². The average Bonchev–Trinajstić information content (AvgIpc) is 3.07. The Hall–Kier alpha value is -1.33. The number of hydrogen-bond donors (Lipinski definition) is 1. The van der Waals surface area contributed by atoms with Crippen LogP contribution in [0, 0.1) is 0 Å².